The van der Waals surface area contributed by atoms with Crippen molar-refractivity contribution in [3.8, 4) is 5.75 Å². The predicted molar refractivity (Wildman–Crippen MR) is 111 cm³/mol. The van der Waals surface area contributed by atoms with Crippen molar-refractivity contribution in [3.05, 3.63) is 64.1 Å². The second-order valence-corrected chi connectivity index (χ2v) is 7.69. The first kappa shape index (κ1) is 19.9. The molecule has 1 N–H and O–H groups in total. The van der Waals surface area contributed by atoms with Gasteiger partial charge in [-0.25, -0.2) is 0 Å². The fourth-order valence-corrected chi connectivity index (χ4v) is 3.68. The van der Waals surface area contributed by atoms with Crippen LogP contribution in [0.4, 0.5) is 0 Å². The van der Waals surface area contributed by atoms with Gasteiger partial charge in [0.1, 0.15) is 5.75 Å². The molecule has 2 aromatic carbocycles. The summed E-state index contributed by atoms with van der Waals surface area (Å²) in [5.41, 5.74) is 2.31. The lowest BCUT2D eigenvalue weighted by atomic mass is 10.1. The second-order valence-electron chi connectivity index (χ2n) is 6.77. The highest BCUT2D eigenvalue weighted by Gasteiger charge is 2.20. The molecule has 0 atom stereocenters. The smallest absolute Gasteiger partial charge is 0.234 e. The molecule has 0 saturated carbocycles. The van der Waals surface area contributed by atoms with Gasteiger partial charge in [-0.05, 0) is 23.8 Å². The van der Waals surface area contributed by atoms with Gasteiger partial charge in [-0.3, -0.25) is 14.6 Å². The van der Waals surface area contributed by atoms with Crippen molar-refractivity contribution in [2.24, 2.45) is 0 Å². The summed E-state index contributed by atoms with van der Waals surface area (Å²) in [5, 5.41) is 3.00. The summed E-state index contributed by atoms with van der Waals surface area (Å²) in [6, 6.07) is 16.1. The number of halogens is 1. The minimum absolute atomic E-state index is 0.0842. The monoisotopic (exact) mass is 431 g/mol. The molecule has 1 heterocycles. The predicted octanol–water partition coefficient (Wildman–Crippen LogP) is 2.89. The molecule has 1 amide bonds. The Morgan fingerprint density at radius 3 is 2.48 bits per heavy atom. The van der Waals surface area contributed by atoms with Crippen LogP contribution in [0, 0.1) is 0 Å². The third-order valence-electron chi connectivity index (χ3n) is 4.80. The van der Waals surface area contributed by atoms with Crippen molar-refractivity contribution < 1.29 is 9.53 Å². The number of nitrogens with one attached hydrogen (secondary N) is 1. The molecule has 0 aromatic heterocycles. The van der Waals surface area contributed by atoms with Gasteiger partial charge in [0.15, 0.2) is 0 Å². The van der Waals surface area contributed by atoms with Crippen LogP contribution in [0.3, 0.4) is 0 Å². The minimum atomic E-state index is 0.0842. The van der Waals surface area contributed by atoms with Gasteiger partial charge in [-0.2, -0.15) is 0 Å². The average Bonchev–Trinajstić information content (AvgIpc) is 2.69. The van der Waals surface area contributed by atoms with Crippen LogP contribution in [0.5, 0.6) is 5.75 Å². The number of hydrogen-bond donors (Lipinski definition) is 1. The highest BCUT2D eigenvalue weighted by molar-refractivity contribution is 9.10. The van der Waals surface area contributed by atoms with E-state index in [4.69, 9.17) is 4.74 Å². The standard InChI is InChI=1S/C21H26BrN3O2/c1-27-20-8-7-19(22)13-18(20)15-24-9-11-25(12-10-24)16-21(26)23-14-17-5-3-2-4-6-17/h2-8,13H,9-12,14-16H2,1H3,(H,23,26). The molecule has 2 aromatic rings. The maximum Gasteiger partial charge on any atom is 0.234 e. The number of methoxy groups -OCH3 is 1. The number of piperazine rings is 1. The molecule has 0 unspecified atom stereocenters. The summed E-state index contributed by atoms with van der Waals surface area (Å²) in [4.78, 5) is 16.8. The van der Waals surface area contributed by atoms with Crippen molar-refractivity contribution in [1.29, 1.82) is 0 Å². The van der Waals surface area contributed by atoms with Gasteiger partial charge in [0, 0.05) is 49.3 Å². The van der Waals surface area contributed by atoms with Gasteiger partial charge in [0.25, 0.3) is 0 Å². The Labute approximate surface area is 169 Å². The summed E-state index contributed by atoms with van der Waals surface area (Å²) in [7, 11) is 1.71. The Morgan fingerprint density at radius 1 is 1.07 bits per heavy atom. The SMILES string of the molecule is COc1ccc(Br)cc1CN1CCN(CC(=O)NCc2ccccc2)CC1. The molecule has 0 bridgehead atoms. The van der Waals surface area contributed by atoms with E-state index in [0.717, 1.165) is 48.5 Å². The zero-order valence-corrected chi connectivity index (χ0v) is 17.2. The van der Waals surface area contributed by atoms with Crippen LogP contribution in [-0.2, 0) is 17.9 Å². The first-order chi connectivity index (χ1) is 13.1. The molecule has 1 aliphatic rings. The third-order valence-corrected chi connectivity index (χ3v) is 5.29. The molecule has 6 heteroatoms. The van der Waals surface area contributed by atoms with Gasteiger partial charge in [-0.15, -0.1) is 0 Å². The van der Waals surface area contributed by atoms with Crippen LogP contribution in [0.2, 0.25) is 0 Å². The van der Waals surface area contributed by atoms with Gasteiger partial charge in [-0.1, -0.05) is 46.3 Å². The van der Waals surface area contributed by atoms with E-state index in [2.05, 4.69) is 37.1 Å². The lowest BCUT2D eigenvalue weighted by molar-refractivity contribution is -0.122. The molecule has 0 radical (unpaired) electrons. The first-order valence-electron chi connectivity index (χ1n) is 9.22. The van der Waals surface area contributed by atoms with Crippen molar-refractivity contribution in [3.63, 3.8) is 0 Å². The topological polar surface area (TPSA) is 44.8 Å². The summed E-state index contributed by atoms with van der Waals surface area (Å²) in [6.45, 7) is 5.59. The average molecular weight is 432 g/mol. The number of ether oxygens (including phenoxy) is 1. The molecule has 144 valence electrons. The number of carbonyl (C=O) groups excluding carboxylic acids is 1. The Hall–Kier alpha value is -1.89. The summed E-state index contributed by atoms with van der Waals surface area (Å²) in [5.74, 6) is 1.00. The van der Waals surface area contributed by atoms with Crippen molar-refractivity contribution in [2.75, 3.05) is 39.8 Å². The molecular weight excluding hydrogens is 406 g/mol. The number of hydrogen-bond acceptors (Lipinski definition) is 4. The summed E-state index contributed by atoms with van der Waals surface area (Å²) >= 11 is 3.53. The van der Waals surface area contributed by atoms with E-state index in [0.29, 0.717) is 13.1 Å². The minimum Gasteiger partial charge on any atom is -0.496 e. The van der Waals surface area contributed by atoms with E-state index in [1.807, 2.05) is 42.5 Å². The lowest BCUT2D eigenvalue weighted by Gasteiger charge is -2.34. The van der Waals surface area contributed by atoms with Crippen LogP contribution in [0.25, 0.3) is 0 Å². The largest absolute Gasteiger partial charge is 0.496 e. The quantitative estimate of drug-likeness (QED) is 0.731. The van der Waals surface area contributed by atoms with E-state index in [1.165, 1.54) is 5.56 Å². The zero-order chi connectivity index (χ0) is 19.1. The van der Waals surface area contributed by atoms with Gasteiger partial charge >= 0.3 is 0 Å². The highest BCUT2D eigenvalue weighted by atomic mass is 79.9. The molecule has 3 rings (SSSR count). The Balaban J connectivity index is 1.42. The number of carbonyl (C=O) groups is 1. The first-order valence-corrected chi connectivity index (χ1v) is 10.0. The molecule has 27 heavy (non-hydrogen) atoms. The van der Waals surface area contributed by atoms with E-state index < -0.39 is 0 Å². The van der Waals surface area contributed by atoms with Crippen LogP contribution in [-0.4, -0.2) is 55.5 Å². The molecule has 0 spiro atoms. The highest BCUT2D eigenvalue weighted by Crippen LogP contribution is 2.24. The Kier molecular flexibility index (Phi) is 7.26. The fourth-order valence-electron chi connectivity index (χ4n) is 3.27. The molecular formula is C21H26BrN3O2. The number of benzene rings is 2. The molecule has 5 nitrogen and oxygen atoms in total. The Morgan fingerprint density at radius 2 is 1.78 bits per heavy atom. The maximum absolute atomic E-state index is 12.2. The maximum atomic E-state index is 12.2. The number of amides is 1. The molecule has 1 saturated heterocycles. The van der Waals surface area contributed by atoms with Crippen molar-refractivity contribution in [2.45, 2.75) is 13.1 Å². The van der Waals surface area contributed by atoms with E-state index in [-0.39, 0.29) is 5.91 Å². The van der Waals surface area contributed by atoms with E-state index in [1.54, 1.807) is 7.11 Å². The summed E-state index contributed by atoms with van der Waals surface area (Å²) in [6.07, 6.45) is 0. The summed E-state index contributed by atoms with van der Waals surface area (Å²) < 4.78 is 6.53. The lowest BCUT2D eigenvalue weighted by Crippen LogP contribution is -2.49. The van der Waals surface area contributed by atoms with Crippen LogP contribution >= 0.6 is 15.9 Å². The molecule has 0 aliphatic carbocycles. The molecule has 1 fully saturated rings. The zero-order valence-electron chi connectivity index (χ0n) is 15.7. The number of rotatable bonds is 7. The second kappa shape index (κ2) is 9.88. The fraction of sp³-hybridized carbons (Fsp3) is 0.381. The van der Waals surface area contributed by atoms with E-state index >= 15 is 0 Å². The van der Waals surface area contributed by atoms with Crippen LogP contribution in [0.1, 0.15) is 11.1 Å². The van der Waals surface area contributed by atoms with Gasteiger partial charge < -0.3 is 10.1 Å². The molecule has 1 aliphatic heterocycles. The van der Waals surface area contributed by atoms with Gasteiger partial charge in [0.05, 0.1) is 13.7 Å². The van der Waals surface area contributed by atoms with Crippen molar-refractivity contribution in [1.82, 2.24) is 15.1 Å². The van der Waals surface area contributed by atoms with E-state index in [9.17, 15) is 4.79 Å². The van der Waals surface area contributed by atoms with Gasteiger partial charge in [0.2, 0.25) is 5.91 Å². The number of nitrogens with zero attached hydrogens (tertiary/aromatic N) is 2. The third kappa shape index (κ3) is 6.06. The van der Waals surface area contributed by atoms with Crippen LogP contribution in [0.15, 0.2) is 53.0 Å². The van der Waals surface area contributed by atoms with Crippen LogP contribution < -0.4 is 10.1 Å². The normalized spacial score (nSPS) is 15.5. The van der Waals surface area contributed by atoms with Crippen molar-refractivity contribution >= 4 is 21.8 Å². The Bertz CT molecular complexity index is 746.